The molecule has 0 radical (unpaired) electrons. The Morgan fingerprint density at radius 1 is 1.16 bits per heavy atom. The number of alkyl halides is 3. The predicted molar refractivity (Wildman–Crippen MR) is 101 cm³/mol. The summed E-state index contributed by atoms with van der Waals surface area (Å²) in [5.74, 6) is -4.87. The van der Waals surface area contributed by atoms with Crippen LogP contribution in [0.15, 0.2) is 30.3 Å². The SMILES string of the molecule is COc1ccc2c(c1)nc1n2C[C@H](N)[C@@H](c2cc(F)c(F)cc2F)C1.O=C(O)C(F)(F)F. The van der Waals surface area contributed by atoms with E-state index in [1.54, 1.807) is 7.11 Å². The molecule has 0 bridgehead atoms. The number of hydrogen-bond acceptors (Lipinski definition) is 4. The number of halogens is 6. The normalized spacial score (nSPS) is 18.0. The zero-order chi connectivity index (χ0) is 23.8. The van der Waals surface area contributed by atoms with E-state index in [9.17, 15) is 26.3 Å². The number of rotatable bonds is 2. The lowest BCUT2D eigenvalue weighted by Gasteiger charge is -2.30. The third kappa shape index (κ3) is 4.64. The lowest BCUT2D eigenvalue weighted by atomic mass is 9.86. The van der Waals surface area contributed by atoms with Gasteiger partial charge in [-0.15, -0.1) is 0 Å². The van der Waals surface area contributed by atoms with Crippen LogP contribution < -0.4 is 10.5 Å². The largest absolute Gasteiger partial charge is 0.497 e. The van der Waals surface area contributed by atoms with Crippen LogP contribution in [-0.4, -0.2) is 40.0 Å². The highest BCUT2D eigenvalue weighted by atomic mass is 19.4. The average molecular weight is 461 g/mol. The van der Waals surface area contributed by atoms with Gasteiger partial charge in [-0.2, -0.15) is 13.2 Å². The zero-order valence-electron chi connectivity index (χ0n) is 16.5. The van der Waals surface area contributed by atoms with Gasteiger partial charge in [0, 0.05) is 37.1 Å². The van der Waals surface area contributed by atoms with Crippen molar-refractivity contribution >= 4 is 17.0 Å². The predicted octanol–water partition coefficient (Wildman–Crippen LogP) is 3.76. The van der Waals surface area contributed by atoms with Crippen molar-refractivity contribution in [2.45, 2.75) is 31.1 Å². The van der Waals surface area contributed by atoms with Gasteiger partial charge in [-0.3, -0.25) is 0 Å². The van der Waals surface area contributed by atoms with E-state index in [4.69, 9.17) is 20.4 Å². The third-order valence-electron chi connectivity index (χ3n) is 5.03. The van der Waals surface area contributed by atoms with Crippen molar-refractivity contribution in [3.63, 3.8) is 0 Å². The summed E-state index contributed by atoms with van der Waals surface area (Å²) < 4.78 is 79.9. The molecule has 2 aromatic carbocycles. The fourth-order valence-electron chi connectivity index (χ4n) is 3.49. The Hall–Kier alpha value is -3.28. The molecule has 0 unspecified atom stereocenters. The van der Waals surface area contributed by atoms with Gasteiger partial charge >= 0.3 is 12.1 Å². The van der Waals surface area contributed by atoms with Crippen molar-refractivity contribution in [1.29, 1.82) is 0 Å². The van der Waals surface area contributed by atoms with Crippen molar-refractivity contribution in [2.75, 3.05) is 7.11 Å². The lowest BCUT2D eigenvalue weighted by Crippen LogP contribution is -2.39. The number of imidazole rings is 1. The fraction of sp³-hybridized carbons (Fsp3) is 0.300. The lowest BCUT2D eigenvalue weighted by molar-refractivity contribution is -0.192. The van der Waals surface area contributed by atoms with Crippen molar-refractivity contribution in [3.8, 4) is 5.75 Å². The average Bonchev–Trinajstić information content (AvgIpc) is 3.06. The minimum Gasteiger partial charge on any atom is -0.497 e. The number of methoxy groups -OCH3 is 1. The molecular formula is C20H17F6N3O3. The van der Waals surface area contributed by atoms with E-state index < -0.39 is 41.6 Å². The maximum absolute atomic E-state index is 14.2. The highest BCUT2D eigenvalue weighted by molar-refractivity contribution is 5.78. The number of carboxylic acid groups (broad SMARTS) is 1. The number of carboxylic acids is 1. The quantitative estimate of drug-likeness (QED) is 0.448. The first kappa shape index (κ1) is 23.4. The second kappa shape index (κ2) is 8.69. The molecule has 1 aliphatic heterocycles. The summed E-state index contributed by atoms with van der Waals surface area (Å²) in [5, 5.41) is 7.12. The highest BCUT2D eigenvalue weighted by Gasteiger charge is 2.38. The number of aliphatic carboxylic acids is 1. The monoisotopic (exact) mass is 461 g/mol. The van der Waals surface area contributed by atoms with Crippen LogP contribution in [-0.2, 0) is 17.8 Å². The number of carbonyl (C=O) groups is 1. The minimum absolute atomic E-state index is 0.0855. The van der Waals surface area contributed by atoms with Gasteiger partial charge in [0.2, 0.25) is 0 Å². The molecule has 12 heteroatoms. The topological polar surface area (TPSA) is 90.4 Å². The van der Waals surface area contributed by atoms with E-state index in [1.807, 2.05) is 22.8 Å². The van der Waals surface area contributed by atoms with E-state index in [0.717, 1.165) is 22.9 Å². The molecule has 6 nitrogen and oxygen atoms in total. The molecule has 0 amide bonds. The standard InChI is InChI=1S/C18H16F3N3O.C2HF3O2/c1-25-9-2-3-17-16(4-9)23-18-6-11(15(22)8-24(17)18)10-5-13(20)14(21)7-12(10)19;3-2(4,5)1(6)7/h2-5,7,11,15H,6,8,22H2,1H3;(H,6,7)/t11-,15+;/m1./s1. The molecular weight excluding hydrogens is 444 g/mol. The Bertz CT molecular complexity index is 1160. The molecule has 0 fully saturated rings. The molecule has 2 heterocycles. The van der Waals surface area contributed by atoms with Crippen molar-refractivity contribution in [1.82, 2.24) is 9.55 Å². The Morgan fingerprint density at radius 2 is 1.78 bits per heavy atom. The molecule has 0 spiro atoms. The number of aromatic nitrogens is 2. The second-order valence-corrected chi connectivity index (χ2v) is 7.06. The van der Waals surface area contributed by atoms with Crippen LogP contribution in [0, 0.1) is 17.5 Å². The summed E-state index contributed by atoms with van der Waals surface area (Å²) in [6, 6.07) is 6.58. The van der Waals surface area contributed by atoms with Crippen LogP contribution in [0.1, 0.15) is 17.3 Å². The maximum atomic E-state index is 14.2. The molecule has 0 aliphatic carbocycles. The van der Waals surface area contributed by atoms with Crippen LogP contribution in [0.2, 0.25) is 0 Å². The molecule has 1 aliphatic rings. The van der Waals surface area contributed by atoms with Crippen LogP contribution in [0.25, 0.3) is 11.0 Å². The molecule has 0 saturated heterocycles. The molecule has 4 rings (SSSR count). The van der Waals surface area contributed by atoms with Gasteiger partial charge in [-0.05, 0) is 23.8 Å². The minimum atomic E-state index is -5.08. The van der Waals surface area contributed by atoms with Crippen molar-refractivity contribution < 1.29 is 41.0 Å². The highest BCUT2D eigenvalue weighted by Crippen LogP contribution is 2.34. The Balaban J connectivity index is 0.000000360. The summed E-state index contributed by atoms with van der Waals surface area (Å²) in [7, 11) is 1.58. The van der Waals surface area contributed by atoms with Gasteiger partial charge in [0.15, 0.2) is 11.6 Å². The summed E-state index contributed by atoms with van der Waals surface area (Å²) in [4.78, 5) is 13.5. The van der Waals surface area contributed by atoms with E-state index in [1.165, 1.54) is 0 Å². The number of nitrogens with zero attached hydrogens (tertiary/aromatic N) is 2. The fourth-order valence-corrected chi connectivity index (χ4v) is 3.49. The smallest absolute Gasteiger partial charge is 0.490 e. The number of ether oxygens (including phenoxy) is 1. The van der Waals surface area contributed by atoms with Gasteiger partial charge in [0.1, 0.15) is 17.4 Å². The van der Waals surface area contributed by atoms with E-state index >= 15 is 0 Å². The van der Waals surface area contributed by atoms with Gasteiger partial charge < -0.3 is 20.1 Å². The number of benzene rings is 2. The van der Waals surface area contributed by atoms with Gasteiger partial charge in [-0.1, -0.05) is 0 Å². The van der Waals surface area contributed by atoms with Crippen molar-refractivity contribution in [3.05, 3.63) is 59.2 Å². The van der Waals surface area contributed by atoms with E-state index in [0.29, 0.717) is 24.8 Å². The van der Waals surface area contributed by atoms with Gasteiger partial charge in [0.25, 0.3) is 0 Å². The molecule has 3 aromatic rings. The molecule has 3 N–H and O–H groups in total. The van der Waals surface area contributed by atoms with Crippen LogP contribution in [0.3, 0.4) is 0 Å². The van der Waals surface area contributed by atoms with E-state index in [-0.39, 0.29) is 5.56 Å². The van der Waals surface area contributed by atoms with Crippen LogP contribution >= 0.6 is 0 Å². The number of fused-ring (bicyclic) bond motifs is 3. The van der Waals surface area contributed by atoms with Crippen LogP contribution in [0.5, 0.6) is 5.75 Å². The molecule has 1 aromatic heterocycles. The van der Waals surface area contributed by atoms with Gasteiger partial charge in [-0.25, -0.2) is 22.9 Å². The third-order valence-corrected chi connectivity index (χ3v) is 5.03. The zero-order valence-corrected chi connectivity index (χ0v) is 16.5. The first-order chi connectivity index (χ1) is 14.9. The summed E-state index contributed by atoms with van der Waals surface area (Å²) in [5.41, 5.74) is 7.99. The Kier molecular flexibility index (Phi) is 6.35. The summed E-state index contributed by atoms with van der Waals surface area (Å²) >= 11 is 0. The van der Waals surface area contributed by atoms with Gasteiger partial charge in [0.05, 0.1) is 18.1 Å². The second-order valence-electron chi connectivity index (χ2n) is 7.06. The Labute approximate surface area is 177 Å². The molecule has 0 saturated carbocycles. The van der Waals surface area contributed by atoms with E-state index in [2.05, 4.69) is 4.98 Å². The maximum Gasteiger partial charge on any atom is 0.490 e. The number of hydrogen-bond donors (Lipinski definition) is 2. The molecule has 172 valence electrons. The summed E-state index contributed by atoms with van der Waals surface area (Å²) in [6.07, 6.45) is -4.74. The Morgan fingerprint density at radius 3 is 2.38 bits per heavy atom. The van der Waals surface area contributed by atoms with Crippen LogP contribution in [0.4, 0.5) is 26.3 Å². The number of nitrogens with two attached hydrogens (primary N) is 1. The first-order valence-electron chi connectivity index (χ1n) is 9.15. The van der Waals surface area contributed by atoms with Crippen molar-refractivity contribution in [2.24, 2.45) is 5.73 Å². The first-order valence-corrected chi connectivity index (χ1v) is 9.15. The summed E-state index contributed by atoms with van der Waals surface area (Å²) in [6.45, 7) is 0.418. The molecule has 2 atom stereocenters. The molecule has 32 heavy (non-hydrogen) atoms.